The second kappa shape index (κ2) is 8.93. The Hall–Kier alpha value is -3.28. The third kappa shape index (κ3) is 5.56. The molecule has 0 amide bonds. The molecule has 33 heavy (non-hydrogen) atoms. The van der Waals surface area contributed by atoms with Crippen LogP contribution in [0.3, 0.4) is 0 Å². The van der Waals surface area contributed by atoms with Crippen molar-refractivity contribution in [2.45, 2.75) is 18.0 Å². The molecule has 0 spiro atoms. The molecule has 2 N–H and O–H groups in total. The minimum absolute atomic E-state index is 0.0381. The van der Waals surface area contributed by atoms with Crippen LogP contribution in [0.5, 0.6) is 0 Å². The van der Waals surface area contributed by atoms with Gasteiger partial charge < -0.3 is 4.57 Å². The summed E-state index contributed by atoms with van der Waals surface area (Å²) in [7, 11) is -7.77. The molecule has 0 radical (unpaired) electrons. The van der Waals surface area contributed by atoms with Crippen LogP contribution in [0, 0.1) is 5.82 Å². The molecule has 4 rings (SSSR count). The van der Waals surface area contributed by atoms with E-state index in [0.717, 1.165) is 35.0 Å². The molecule has 0 aliphatic rings. The lowest BCUT2D eigenvalue weighted by atomic mass is 10.1. The number of hydrogen-bond donors (Lipinski definition) is 2. The van der Waals surface area contributed by atoms with Crippen LogP contribution in [-0.2, 0) is 33.1 Å². The molecule has 11 heteroatoms. The summed E-state index contributed by atoms with van der Waals surface area (Å²) in [5.41, 5.74) is 3.48. The van der Waals surface area contributed by atoms with Crippen LogP contribution >= 0.6 is 0 Å². The highest BCUT2D eigenvalue weighted by atomic mass is 32.2. The normalized spacial score (nSPS) is 12.2. The average Bonchev–Trinajstić information content (AvgIpc) is 3.14. The van der Waals surface area contributed by atoms with Crippen LogP contribution in [0.2, 0.25) is 0 Å². The molecule has 172 valence electrons. The number of fused-ring (bicyclic) bond motifs is 1. The second-order valence-corrected chi connectivity index (χ2v) is 11.0. The number of nitrogens with one attached hydrogen (secondary N) is 2. The molecule has 8 nitrogen and oxygen atoms in total. The van der Waals surface area contributed by atoms with Gasteiger partial charge in [-0.05, 0) is 41.5 Å². The number of nitrogens with zero attached hydrogens (tertiary/aromatic N) is 2. The van der Waals surface area contributed by atoms with Gasteiger partial charge in [-0.3, -0.25) is 4.72 Å². The number of imidazole rings is 1. The molecule has 3 aromatic carbocycles. The van der Waals surface area contributed by atoms with Crippen molar-refractivity contribution in [3.63, 3.8) is 0 Å². The number of para-hydroxylation sites is 2. The van der Waals surface area contributed by atoms with E-state index in [0.29, 0.717) is 12.1 Å². The van der Waals surface area contributed by atoms with Gasteiger partial charge in [0.25, 0.3) is 0 Å². The Morgan fingerprint density at radius 1 is 0.939 bits per heavy atom. The zero-order chi connectivity index (χ0) is 23.6. The Morgan fingerprint density at radius 2 is 1.70 bits per heavy atom. The van der Waals surface area contributed by atoms with E-state index >= 15 is 0 Å². The van der Waals surface area contributed by atoms with Gasteiger partial charge in [0.05, 0.1) is 29.3 Å². The summed E-state index contributed by atoms with van der Waals surface area (Å²) >= 11 is 0. The molecule has 1 aromatic heterocycles. The van der Waals surface area contributed by atoms with Gasteiger partial charge in [0, 0.05) is 13.1 Å². The lowest BCUT2D eigenvalue weighted by Crippen LogP contribution is -2.24. The molecule has 0 aliphatic carbocycles. The summed E-state index contributed by atoms with van der Waals surface area (Å²) in [6.07, 6.45) is 2.67. The van der Waals surface area contributed by atoms with Gasteiger partial charge in [0.2, 0.25) is 20.0 Å². The Kier molecular flexibility index (Phi) is 6.19. The first-order chi connectivity index (χ1) is 15.6. The topological polar surface area (TPSA) is 110 Å². The van der Waals surface area contributed by atoms with Gasteiger partial charge in [-0.25, -0.2) is 30.9 Å². The van der Waals surface area contributed by atoms with Gasteiger partial charge >= 0.3 is 0 Å². The first-order valence-electron chi connectivity index (χ1n) is 9.85. The van der Waals surface area contributed by atoms with Gasteiger partial charge in [0.15, 0.2) is 0 Å². The van der Waals surface area contributed by atoms with Crippen molar-refractivity contribution in [1.29, 1.82) is 0 Å². The molecular formula is C22H21FN4O4S2. The van der Waals surface area contributed by atoms with E-state index in [4.69, 9.17) is 0 Å². The molecule has 0 aliphatic heterocycles. The highest BCUT2D eigenvalue weighted by Gasteiger charge is 2.20. The second-order valence-electron chi connectivity index (χ2n) is 7.53. The fraction of sp³-hybridized carbons (Fsp3) is 0.136. The van der Waals surface area contributed by atoms with Crippen LogP contribution in [0.25, 0.3) is 11.0 Å². The first kappa shape index (κ1) is 22.9. The maximum atomic E-state index is 14.4. The standard InChI is InChI=1S/C22H21FN4O4S2/c1-32(28,29)26-18-9-10-22(19(23)12-18)33(30,31)25-13-16-5-4-6-17(11-16)14-27-15-24-20-7-2-3-8-21(20)27/h2-12,15,25-26H,13-14H2,1H3. The van der Waals surface area contributed by atoms with Crippen molar-refractivity contribution in [1.82, 2.24) is 14.3 Å². The molecular weight excluding hydrogens is 467 g/mol. The molecule has 0 fully saturated rings. The Balaban J connectivity index is 1.47. The van der Waals surface area contributed by atoms with Crippen molar-refractivity contribution >= 4 is 36.8 Å². The quantitative estimate of drug-likeness (QED) is 0.396. The maximum absolute atomic E-state index is 14.4. The fourth-order valence-electron chi connectivity index (χ4n) is 3.42. The van der Waals surface area contributed by atoms with Crippen molar-refractivity contribution in [3.05, 3.63) is 90.0 Å². The number of halogens is 1. The van der Waals surface area contributed by atoms with Crippen LogP contribution < -0.4 is 9.44 Å². The van der Waals surface area contributed by atoms with Gasteiger partial charge in [-0.2, -0.15) is 0 Å². The minimum atomic E-state index is -4.16. The zero-order valence-corrected chi connectivity index (χ0v) is 19.2. The van der Waals surface area contributed by atoms with Gasteiger partial charge in [-0.15, -0.1) is 0 Å². The minimum Gasteiger partial charge on any atom is -0.326 e. The van der Waals surface area contributed by atoms with Crippen molar-refractivity contribution in [2.24, 2.45) is 0 Å². The number of sulfonamides is 2. The lowest BCUT2D eigenvalue weighted by molar-refractivity contribution is 0.557. The summed E-state index contributed by atoms with van der Waals surface area (Å²) in [4.78, 5) is 3.80. The third-order valence-electron chi connectivity index (χ3n) is 4.86. The lowest BCUT2D eigenvalue weighted by Gasteiger charge is -2.11. The predicted molar refractivity (Wildman–Crippen MR) is 124 cm³/mol. The molecule has 0 atom stereocenters. The Morgan fingerprint density at radius 3 is 2.45 bits per heavy atom. The van der Waals surface area contributed by atoms with Crippen LogP contribution in [0.4, 0.5) is 10.1 Å². The summed E-state index contributed by atoms with van der Waals surface area (Å²) < 4.78 is 68.7. The highest BCUT2D eigenvalue weighted by molar-refractivity contribution is 7.92. The van der Waals surface area contributed by atoms with Crippen LogP contribution in [0.15, 0.2) is 78.0 Å². The van der Waals surface area contributed by atoms with Gasteiger partial charge in [-0.1, -0.05) is 36.4 Å². The Labute approximate surface area is 191 Å². The van der Waals surface area contributed by atoms with Crippen LogP contribution in [-0.4, -0.2) is 32.6 Å². The Bertz CT molecular complexity index is 1530. The zero-order valence-electron chi connectivity index (χ0n) is 17.6. The van der Waals surface area contributed by atoms with E-state index in [-0.39, 0.29) is 12.2 Å². The van der Waals surface area contributed by atoms with E-state index in [2.05, 4.69) is 14.4 Å². The number of hydrogen-bond acceptors (Lipinski definition) is 5. The van der Waals surface area contributed by atoms with E-state index < -0.39 is 30.8 Å². The summed E-state index contributed by atoms with van der Waals surface area (Å²) in [5.74, 6) is -1.06. The summed E-state index contributed by atoms with van der Waals surface area (Å²) in [6, 6.07) is 18.2. The van der Waals surface area contributed by atoms with Gasteiger partial charge in [0.1, 0.15) is 10.7 Å². The van der Waals surface area contributed by atoms with E-state index in [9.17, 15) is 21.2 Å². The SMILES string of the molecule is CS(=O)(=O)Nc1ccc(S(=O)(=O)NCc2cccc(Cn3cnc4ccccc43)c2)c(F)c1. The summed E-state index contributed by atoms with van der Waals surface area (Å²) in [5, 5.41) is 0. The highest BCUT2D eigenvalue weighted by Crippen LogP contribution is 2.20. The molecule has 1 heterocycles. The largest absolute Gasteiger partial charge is 0.326 e. The van der Waals surface area contributed by atoms with Crippen molar-refractivity contribution in [3.8, 4) is 0 Å². The molecule has 0 saturated carbocycles. The third-order valence-corrected chi connectivity index (χ3v) is 6.90. The molecule has 0 unspecified atom stereocenters. The number of benzene rings is 3. The van der Waals surface area contributed by atoms with E-state index in [1.165, 1.54) is 6.07 Å². The molecule has 0 bridgehead atoms. The van der Waals surface area contributed by atoms with Crippen LogP contribution in [0.1, 0.15) is 11.1 Å². The maximum Gasteiger partial charge on any atom is 0.243 e. The van der Waals surface area contributed by atoms with E-state index in [1.54, 1.807) is 12.4 Å². The van der Waals surface area contributed by atoms with Crippen molar-refractivity contribution in [2.75, 3.05) is 11.0 Å². The summed E-state index contributed by atoms with van der Waals surface area (Å²) in [6.45, 7) is 0.522. The number of rotatable bonds is 8. The monoisotopic (exact) mass is 488 g/mol. The number of anilines is 1. The van der Waals surface area contributed by atoms with E-state index in [1.807, 2.05) is 47.0 Å². The number of aromatic nitrogens is 2. The molecule has 4 aromatic rings. The smallest absolute Gasteiger partial charge is 0.243 e. The van der Waals surface area contributed by atoms with Crippen molar-refractivity contribution < 1.29 is 21.2 Å². The first-order valence-corrected chi connectivity index (χ1v) is 13.2. The fourth-order valence-corrected chi connectivity index (χ4v) is 5.05. The predicted octanol–water partition coefficient (Wildman–Crippen LogP) is 3.07. The molecule has 0 saturated heterocycles. The average molecular weight is 489 g/mol.